The number of rotatable bonds is 6. The lowest BCUT2D eigenvalue weighted by molar-refractivity contribution is -0.140. The Morgan fingerprint density at radius 2 is 1.83 bits per heavy atom. The predicted octanol–water partition coefficient (Wildman–Crippen LogP) is 3.08. The number of ether oxygens (including phenoxy) is 5. The lowest BCUT2D eigenvalue weighted by Gasteiger charge is -2.28. The molecule has 3 aliphatic heterocycles. The first-order valence-corrected chi connectivity index (χ1v) is 11.5. The summed E-state index contributed by atoms with van der Waals surface area (Å²) < 4.78 is 27.9. The Morgan fingerprint density at radius 3 is 2.54 bits per heavy atom. The SMILES string of the molecule is COc1ccc([C@H]2C(=C(O)c3ccc4c(c3)OCCO4)C(=O)C(=O)N2C[C@H]2CCCO2)c(OC)c1. The minimum Gasteiger partial charge on any atom is -0.507 e. The molecule has 0 bridgehead atoms. The second-order valence-electron chi connectivity index (χ2n) is 8.55. The van der Waals surface area contributed by atoms with E-state index < -0.39 is 17.7 Å². The molecule has 0 radical (unpaired) electrons. The molecule has 184 valence electrons. The van der Waals surface area contributed by atoms with Gasteiger partial charge in [-0.3, -0.25) is 9.59 Å². The highest BCUT2D eigenvalue weighted by Gasteiger charge is 2.48. The molecule has 0 saturated carbocycles. The summed E-state index contributed by atoms with van der Waals surface area (Å²) in [5.74, 6) is 0.265. The van der Waals surface area contributed by atoms with Gasteiger partial charge < -0.3 is 33.7 Å². The van der Waals surface area contributed by atoms with E-state index in [1.54, 1.807) is 43.5 Å². The number of fused-ring (bicyclic) bond motifs is 1. The van der Waals surface area contributed by atoms with Gasteiger partial charge in [-0.15, -0.1) is 0 Å². The summed E-state index contributed by atoms with van der Waals surface area (Å²) in [6, 6.07) is 9.22. The van der Waals surface area contributed by atoms with Crippen molar-refractivity contribution in [3.05, 3.63) is 53.1 Å². The van der Waals surface area contributed by atoms with Crippen LogP contribution in [0, 0.1) is 0 Å². The Morgan fingerprint density at radius 1 is 1.03 bits per heavy atom. The molecule has 2 fully saturated rings. The van der Waals surface area contributed by atoms with E-state index in [-0.39, 0.29) is 24.0 Å². The van der Waals surface area contributed by atoms with Crippen LogP contribution in [0.15, 0.2) is 42.0 Å². The number of Topliss-reactive ketones (excluding diaryl/α,β-unsaturated/α-hetero) is 1. The minimum atomic E-state index is -0.867. The molecule has 2 saturated heterocycles. The van der Waals surface area contributed by atoms with Gasteiger partial charge in [0, 0.05) is 30.3 Å². The molecule has 0 aromatic heterocycles. The van der Waals surface area contributed by atoms with E-state index in [1.807, 2.05) is 0 Å². The van der Waals surface area contributed by atoms with E-state index >= 15 is 0 Å². The quantitative estimate of drug-likeness (QED) is 0.382. The second-order valence-corrected chi connectivity index (χ2v) is 8.55. The number of aliphatic hydroxyl groups excluding tert-OH is 1. The van der Waals surface area contributed by atoms with Gasteiger partial charge in [-0.2, -0.15) is 0 Å². The highest BCUT2D eigenvalue weighted by Crippen LogP contribution is 2.45. The maximum Gasteiger partial charge on any atom is 0.295 e. The highest BCUT2D eigenvalue weighted by atomic mass is 16.6. The predicted molar refractivity (Wildman–Crippen MR) is 125 cm³/mol. The van der Waals surface area contributed by atoms with Gasteiger partial charge in [0.25, 0.3) is 11.7 Å². The summed E-state index contributed by atoms with van der Waals surface area (Å²) in [5.41, 5.74) is 0.888. The highest BCUT2D eigenvalue weighted by molar-refractivity contribution is 6.46. The number of carbonyl (C=O) groups is 2. The summed E-state index contributed by atoms with van der Waals surface area (Å²) in [5, 5.41) is 11.4. The third kappa shape index (κ3) is 4.16. The van der Waals surface area contributed by atoms with Crippen molar-refractivity contribution in [3.8, 4) is 23.0 Å². The van der Waals surface area contributed by atoms with Crippen LogP contribution in [0.25, 0.3) is 5.76 Å². The van der Waals surface area contributed by atoms with Crippen molar-refractivity contribution >= 4 is 17.4 Å². The van der Waals surface area contributed by atoms with Crippen molar-refractivity contribution in [3.63, 3.8) is 0 Å². The van der Waals surface area contributed by atoms with Crippen LogP contribution in [-0.4, -0.2) is 68.4 Å². The number of carbonyl (C=O) groups excluding carboxylic acids is 2. The molecular formula is C26H27NO8. The largest absolute Gasteiger partial charge is 0.507 e. The molecule has 0 unspecified atom stereocenters. The van der Waals surface area contributed by atoms with Crippen LogP contribution >= 0.6 is 0 Å². The number of ketones is 1. The third-order valence-electron chi connectivity index (χ3n) is 6.52. The zero-order chi connectivity index (χ0) is 24.5. The van der Waals surface area contributed by atoms with Crippen LogP contribution in [0.4, 0.5) is 0 Å². The number of hydrogen-bond donors (Lipinski definition) is 1. The molecular weight excluding hydrogens is 454 g/mol. The molecule has 0 spiro atoms. The summed E-state index contributed by atoms with van der Waals surface area (Å²) >= 11 is 0. The number of amides is 1. The van der Waals surface area contributed by atoms with Crippen molar-refractivity contribution in [1.82, 2.24) is 4.90 Å². The zero-order valence-corrected chi connectivity index (χ0v) is 19.6. The summed E-state index contributed by atoms with van der Waals surface area (Å²) in [6.45, 7) is 1.65. The van der Waals surface area contributed by atoms with E-state index in [4.69, 9.17) is 23.7 Å². The maximum absolute atomic E-state index is 13.3. The fourth-order valence-corrected chi connectivity index (χ4v) is 4.79. The maximum atomic E-state index is 13.3. The first-order chi connectivity index (χ1) is 17.0. The van der Waals surface area contributed by atoms with Gasteiger partial charge in [0.15, 0.2) is 11.5 Å². The smallest absolute Gasteiger partial charge is 0.295 e. The average molecular weight is 482 g/mol. The summed E-state index contributed by atoms with van der Waals surface area (Å²) in [4.78, 5) is 28.0. The molecule has 1 N–H and O–H groups in total. The van der Waals surface area contributed by atoms with Gasteiger partial charge in [-0.1, -0.05) is 0 Å². The van der Waals surface area contributed by atoms with E-state index in [1.165, 1.54) is 12.0 Å². The van der Waals surface area contributed by atoms with Gasteiger partial charge in [-0.05, 0) is 43.2 Å². The monoisotopic (exact) mass is 481 g/mol. The Kier molecular flexibility index (Phi) is 6.25. The Labute approximate surface area is 202 Å². The van der Waals surface area contributed by atoms with Gasteiger partial charge in [-0.25, -0.2) is 0 Å². The number of nitrogens with zero attached hydrogens (tertiary/aromatic N) is 1. The van der Waals surface area contributed by atoms with Crippen LogP contribution in [0.5, 0.6) is 23.0 Å². The number of aliphatic hydroxyl groups is 1. The minimum absolute atomic E-state index is 0.0202. The van der Waals surface area contributed by atoms with Crippen LogP contribution in [0.3, 0.4) is 0 Å². The van der Waals surface area contributed by atoms with Crippen LogP contribution in [0.2, 0.25) is 0 Å². The normalized spacial score (nSPS) is 23.0. The molecule has 2 atom stereocenters. The van der Waals surface area contributed by atoms with E-state index in [2.05, 4.69) is 0 Å². The van der Waals surface area contributed by atoms with Crippen molar-refractivity contribution < 1.29 is 38.4 Å². The van der Waals surface area contributed by atoms with E-state index in [0.29, 0.717) is 53.9 Å². The molecule has 2 aromatic carbocycles. The first-order valence-electron chi connectivity index (χ1n) is 11.5. The van der Waals surface area contributed by atoms with E-state index in [0.717, 1.165) is 12.8 Å². The molecule has 5 rings (SSSR count). The van der Waals surface area contributed by atoms with Crippen molar-refractivity contribution in [2.75, 3.05) is 40.6 Å². The van der Waals surface area contributed by atoms with Gasteiger partial charge in [0.05, 0.1) is 31.9 Å². The molecule has 1 amide bonds. The number of hydrogen-bond acceptors (Lipinski definition) is 8. The number of methoxy groups -OCH3 is 2. The zero-order valence-electron chi connectivity index (χ0n) is 19.6. The number of benzene rings is 2. The lowest BCUT2D eigenvalue weighted by atomic mass is 9.94. The topological polar surface area (TPSA) is 104 Å². The van der Waals surface area contributed by atoms with Crippen molar-refractivity contribution in [2.24, 2.45) is 0 Å². The molecule has 35 heavy (non-hydrogen) atoms. The first kappa shape index (κ1) is 23.0. The second kappa shape index (κ2) is 9.50. The summed E-state index contributed by atoms with van der Waals surface area (Å²) in [7, 11) is 3.05. The van der Waals surface area contributed by atoms with Gasteiger partial charge >= 0.3 is 0 Å². The Hall–Kier alpha value is -3.72. The third-order valence-corrected chi connectivity index (χ3v) is 6.52. The molecule has 2 aromatic rings. The summed E-state index contributed by atoms with van der Waals surface area (Å²) in [6.07, 6.45) is 1.49. The van der Waals surface area contributed by atoms with Crippen LogP contribution in [-0.2, 0) is 14.3 Å². The van der Waals surface area contributed by atoms with Gasteiger partial charge in [0.2, 0.25) is 0 Å². The standard InChI is InChI=1S/C26H27NO8/c1-31-16-6-7-18(20(13-16)32-2)23-22(25(29)26(30)27(23)14-17-4-3-9-33-17)24(28)15-5-8-19-21(12-15)35-11-10-34-19/h5-8,12-13,17,23,28H,3-4,9-11,14H2,1-2H3/t17-,23+/m1/s1. The molecule has 9 nitrogen and oxygen atoms in total. The molecule has 9 heteroatoms. The van der Waals surface area contributed by atoms with Crippen molar-refractivity contribution in [1.29, 1.82) is 0 Å². The van der Waals surface area contributed by atoms with E-state index in [9.17, 15) is 14.7 Å². The molecule has 0 aliphatic carbocycles. The average Bonchev–Trinajstić information content (AvgIpc) is 3.50. The lowest BCUT2D eigenvalue weighted by Crippen LogP contribution is -2.36. The Bertz CT molecular complexity index is 1180. The Balaban J connectivity index is 1.64. The van der Waals surface area contributed by atoms with Crippen molar-refractivity contribution in [2.45, 2.75) is 25.0 Å². The van der Waals surface area contributed by atoms with Gasteiger partial charge in [0.1, 0.15) is 30.5 Å². The number of likely N-dealkylation sites (tertiary alicyclic amines) is 1. The fraction of sp³-hybridized carbons (Fsp3) is 0.385. The molecule has 3 heterocycles. The van der Waals surface area contributed by atoms with Crippen LogP contribution < -0.4 is 18.9 Å². The molecule has 3 aliphatic rings. The van der Waals surface area contributed by atoms with Crippen LogP contribution in [0.1, 0.15) is 30.0 Å². The fourth-order valence-electron chi connectivity index (χ4n) is 4.79.